The number of rotatable bonds is 4. The quantitative estimate of drug-likeness (QED) is 0.923. The predicted octanol–water partition coefficient (Wildman–Crippen LogP) is 1.73. The lowest BCUT2D eigenvalue weighted by molar-refractivity contribution is -0.142. The Labute approximate surface area is 138 Å². The maximum absolute atomic E-state index is 13.3. The van der Waals surface area contributed by atoms with E-state index in [0.29, 0.717) is 37.3 Å². The first-order valence-corrected chi connectivity index (χ1v) is 7.82. The van der Waals surface area contributed by atoms with Crippen LogP contribution in [0.4, 0.5) is 10.2 Å². The van der Waals surface area contributed by atoms with E-state index in [1.54, 1.807) is 24.5 Å². The third kappa shape index (κ3) is 3.45. The Hall–Kier alpha value is -2.70. The highest BCUT2D eigenvalue weighted by molar-refractivity contribution is 5.70. The topological polar surface area (TPSA) is 75.4 Å². The van der Waals surface area contributed by atoms with Crippen molar-refractivity contribution in [3.63, 3.8) is 0 Å². The second kappa shape index (κ2) is 6.82. The Morgan fingerprint density at radius 1 is 1.33 bits per heavy atom. The second-order valence-corrected chi connectivity index (χ2v) is 5.91. The molecule has 1 aromatic carbocycles. The van der Waals surface area contributed by atoms with Crippen LogP contribution < -0.4 is 10.5 Å². The summed E-state index contributed by atoms with van der Waals surface area (Å²) in [5, 5.41) is 9.05. The number of aromatic nitrogens is 2. The number of carboxylic acid groups (broad SMARTS) is 1. The first-order valence-electron chi connectivity index (χ1n) is 7.82. The molecule has 0 saturated carbocycles. The molecule has 1 aromatic heterocycles. The van der Waals surface area contributed by atoms with Crippen molar-refractivity contribution < 1.29 is 14.3 Å². The van der Waals surface area contributed by atoms with E-state index in [2.05, 4.69) is 4.98 Å². The third-order valence-electron chi connectivity index (χ3n) is 4.28. The van der Waals surface area contributed by atoms with Gasteiger partial charge < -0.3 is 14.6 Å². The molecule has 0 aliphatic carbocycles. The number of carboxylic acids is 1. The summed E-state index contributed by atoms with van der Waals surface area (Å²) < 4.78 is 14.8. The lowest BCUT2D eigenvalue weighted by Gasteiger charge is -2.30. The fourth-order valence-corrected chi connectivity index (χ4v) is 2.95. The average molecular weight is 331 g/mol. The number of hydrogen-bond acceptors (Lipinski definition) is 4. The molecule has 1 aliphatic heterocycles. The summed E-state index contributed by atoms with van der Waals surface area (Å²) >= 11 is 0. The molecule has 0 bridgehead atoms. The van der Waals surface area contributed by atoms with Gasteiger partial charge in [-0.2, -0.15) is 0 Å². The maximum Gasteiger partial charge on any atom is 0.306 e. The van der Waals surface area contributed by atoms with Crippen molar-refractivity contribution in [3.05, 3.63) is 58.4 Å². The van der Waals surface area contributed by atoms with Crippen molar-refractivity contribution in [1.29, 1.82) is 0 Å². The zero-order valence-electron chi connectivity index (χ0n) is 13.1. The van der Waals surface area contributed by atoms with Crippen LogP contribution in [-0.4, -0.2) is 33.7 Å². The summed E-state index contributed by atoms with van der Waals surface area (Å²) in [6, 6.07) is 6.12. The van der Waals surface area contributed by atoms with Gasteiger partial charge in [-0.05, 0) is 30.5 Å². The average Bonchev–Trinajstić information content (AvgIpc) is 2.57. The normalized spacial score (nSPS) is 15.5. The van der Waals surface area contributed by atoms with Gasteiger partial charge in [0.2, 0.25) is 0 Å². The number of hydrogen-bond donors (Lipinski definition) is 1. The van der Waals surface area contributed by atoms with Crippen molar-refractivity contribution >= 4 is 11.8 Å². The fraction of sp³-hybridized carbons (Fsp3) is 0.353. The molecular weight excluding hydrogens is 313 g/mol. The number of aliphatic carboxylic acids is 1. The standard InChI is InChI=1S/C17H18FN3O3/c18-14-3-1-2-12(10-14)11-21-9-6-19-15(16(21)22)20-7-4-13(5-8-20)17(23)24/h1-3,6,9-10,13H,4-5,7-8,11H2,(H,23,24). The summed E-state index contributed by atoms with van der Waals surface area (Å²) in [6.07, 6.45) is 4.10. The predicted molar refractivity (Wildman–Crippen MR) is 86.6 cm³/mol. The molecule has 1 saturated heterocycles. The zero-order valence-corrected chi connectivity index (χ0v) is 13.1. The summed E-state index contributed by atoms with van der Waals surface area (Å²) in [4.78, 5) is 29.6. The molecule has 0 amide bonds. The second-order valence-electron chi connectivity index (χ2n) is 5.91. The van der Waals surface area contributed by atoms with Crippen LogP contribution in [0.25, 0.3) is 0 Å². The number of piperidine rings is 1. The van der Waals surface area contributed by atoms with Gasteiger partial charge in [0.15, 0.2) is 5.82 Å². The van der Waals surface area contributed by atoms with Gasteiger partial charge in [-0.15, -0.1) is 0 Å². The number of anilines is 1. The van der Waals surface area contributed by atoms with E-state index in [-0.39, 0.29) is 23.8 Å². The molecule has 0 unspecified atom stereocenters. The molecule has 24 heavy (non-hydrogen) atoms. The number of nitrogens with zero attached hydrogens (tertiary/aromatic N) is 3. The van der Waals surface area contributed by atoms with Crippen LogP contribution in [0.2, 0.25) is 0 Å². The largest absolute Gasteiger partial charge is 0.481 e. The van der Waals surface area contributed by atoms with Crippen LogP contribution in [0.5, 0.6) is 0 Å². The van der Waals surface area contributed by atoms with Crippen LogP contribution in [-0.2, 0) is 11.3 Å². The fourth-order valence-electron chi connectivity index (χ4n) is 2.95. The summed E-state index contributed by atoms with van der Waals surface area (Å²) in [6.45, 7) is 1.24. The highest BCUT2D eigenvalue weighted by atomic mass is 19.1. The van der Waals surface area contributed by atoms with E-state index in [9.17, 15) is 14.0 Å². The zero-order chi connectivity index (χ0) is 17.1. The van der Waals surface area contributed by atoms with Gasteiger partial charge in [0.05, 0.1) is 12.5 Å². The van der Waals surface area contributed by atoms with Crippen LogP contribution in [0.1, 0.15) is 18.4 Å². The Morgan fingerprint density at radius 3 is 2.75 bits per heavy atom. The van der Waals surface area contributed by atoms with Gasteiger partial charge in [-0.3, -0.25) is 9.59 Å². The van der Waals surface area contributed by atoms with Gasteiger partial charge in [0.1, 0.15) is 5.82 Å². The van der Waals surface area contributed by atoms with E-state index >= 15 is 0 Å². The minimum absolute atomic E-state index is 0.254. The Kier molecular flexibility index (Phi) is 4.59. The van der Waals surface area contributed by atoms with Gasteiger partial charge in [-0.1, -0.05) is 12.1 Å². The number of carbonyl (C=O) groups is 1. The summed E-state index contributed by atoms with van der Waals surface area (Å²) in [5.74, 6) is -1.18. The molecule has 1 aliphatic rings. The Bertz CT molecular complexity index is 798. The molecule has 1 N–H and O–H groups in total. The highest BCUT2D eigenvalue weighted by Crippen LogP contribution is 2.20. The summed E-state index contributed by atoms with van der Waals surface area (Å²) in [5.41, 5.74) is 0.439. The van der Waals surface area contributed by atoms with Crippen LogP contribution in [0.3, 0.4) is 0 Å². The summed E-state index contributed by atoms with van der Waals surface area (Å²) in [7, 11) is 0. The van der Waals surface area contributed by atoms with Crippen LogP contribution >= 0.6 is 0 Å². The molecule has 1 fully saturated rings. The van der Waals surface area contributed by atoms with E-state index < -0.39 is 5.97 Å². The smallest absolute Gasteiger partial charge is 0.306 e. The van der Waals surface area contributed by atoms with Gasteiger partial charge >= 0.3 is 5.97 Å². The van der Waals surface area contributed by atoms with Gasteiger partial charge in [-0.25, -0.2) is 9.37 Å². The Balaban J connectivity index is 1.79. The molecule has 3 rings (SSSR count). The molecule has 0 atom stereocenters. The maximum atomic E-state index is 13.3. The van der Waals surface area contributed by atoms with Crippen molar-refractivity contribution in [1.82, 2.24) is 9.55 Å². The number of benzene rings is 1. The van der Waals surface area contributed by atoms with Crippen LogP contribution in [0.15, 0.2) is 41.5 Å². The molecule has 7 heteroatoms. The first-order chi connectivity index (χ1) is 11.5. The first kappa shape index (κ1) is 16.2. The lowest BCUT2D eigenvalue weighted by Crippen LogP contribution is -2.40. The molecule has 0 radical (unpaired) electrons. The van der Waals surface area contributed by atoms with Gasteiger partial charge in [0.25, 0.3) is 5.56 Å². The molecule has 0 spiro atoms. The van der Waals surface area contributed by atoms with Crippen molar-refractivity contribution in [2.75, 3.05) is 18.0 Å². The van der Waals surface area contributed by atoms with Crippen molar-refractivity contribution in [2.45, 2.75) is 19.4 Å². The van der Waals surface area contributed by atoms with Crippen molar-refractivity contribution in [3.8, 4) is 0 Å². The molecule has 2 aromatic rings. The number of halogens is 1. The van der Waals surface area contributed by atoms with Crippen LogP contribution in [0, 0.1) is 11.7 Å². The monoisotopic (exact) mass is 331 g/mol. The molecular formula is C17H18FN3O3. The molecule has 2 heterocycles. The SMILES string of the molecule is O=C(O)C1CCN(c2nccn(Cc3cccc(F)c3)c2=O)CC1. The molecule has 6 nitrogen and oxygen atoms in total. The lowest BCUT2D eigenvalue weighted by atomic mass is 9.97. The Morgan fingerprint density at radius 2 is 2.08 bits per heavy atom. The highest BCUT2D eigenvalue weighted by Gasteiger charge is 2.26. The molecule has 126 valence electrons. The van der Waals surface area contributed by atoms with E-state index in [1.165, 1.54) is 16.7 Å². The third-order valence-corrected chi connectivity index (χ3v) is 4.28. The minimum atomic E-state index is -0.792. The van der Waals surface area contributed by atoms with Gasteiger partial charge in [0, 0.05) is 25.5 Å². The van der Waals surface area contributed by atoms with Crippen molar-refractivity contribution in [2.24, 2.45) is 5.92 Å². The van der Waals surface area contributed by atoms with E-state index in [1.807, 2.05) is 4.90 Å². The minimum Gasteiger partial charge on any atom is -0.481 e. The van der Waals surface area contributed by atoms with E-state index in [0.717, 1.165) is 0 Å². The van der Waals surface area contributed by atoms with E-state index in [4.69, 9.17) is 5.11 Å².